The highest BCUT2D eigenvalue weighted by Gasteiger charge is 2.51. The summed E-state index contributed by atoms with van der Waals surface area (Å²) in [6.07, 6.45) is -12.2. The summed E-state index contributed by atoms with van der Waals surface area (Å²) in [6, 6.07) is 0. The minimum atomic E-state index is -6.11. The number of aromatic carboxylic acids is 2. The van der Waals surface area contributed by atoms with Crippen molar-refractivity contribution in [3.05, 3.63) is 33.9 Å². The summed E-state index contributed by atoms with van der Waals surface area (Å²) in [4.78, 5) is 21.2. The minimum absolute atomic E-state index is 2.45. The van der Waals surface area contributed by atoms with Crippen LogP contribution in [0, 0.1) is 11.6 Å². The van der Waals surface area contributed by atoms with Crippen molar-refractivity contribution in [2.45, 2.75) is 12.4 Å². The molecule has 0 heterocycles. The van der Waals surface area contributed by atoms with E-state index in [0.717, 1.165) is 0 Å². The van der Waals surface area contributed by atoms with E-state index in [4.69, 9.17) is 10.2 Å². The SMILES string of the molecule is O=C(O)c1c(F)c(C(=O)O)c(C(F)(F)F)c(C(F)(F)F)c1F. The van der Waals surface area contributed by atoms with Gasteiger partial charge in [-0.2, -0.15) is 26.3 Å². The van der Waals surface area contributed by atoms with Gasteiger partial charge in [0.25, 0.3) is 0 Å². The Bertz CT molecular complexity index is 659. The lowest BCUT2D eigenvalue weighted by atomic mass is 9.94. The molecule has 0 aliphatic rings. The van der Waals surface area contributed by atoms with Gasteiger partial charge in [-0.1, -0.05) is 0 Å². The molecule has 22 heavy (non-hydrogen) atoms. The number of alkyl halides is 6. The van der Waals surface area contributed by atoms with Gasteiger partial charge in [0.1, 0.15) is 16.7 Å². The van der Waals surface area contributed by atoms with Crippen molar-refractivity contribution in [1.29, 1.82) is 0 Å². The summed E-state index contributed by atoms with van der Waals surface area (Å²) in [7, 11) is 0. The zero-order valence-electron chi connectivity index (χ0n) is 9.73. The van der Waals surface area contributed by atoms with Crippen molar-refractivity contribution >= 4 is 11.9 Å². The molecule has 0 unspecified atom stereocenters. The van der Waals surface area contributed by atoms with Crippen LogP contribution in [-0.4, -0.2) is 22.2 Å². The lowest BCUT2D eigenvalue weighted by Crippen LogP contribution is -2.27. The third kappa shape index (κ3) is 2.80. The van der Waals surface area contributed by atoms with Gasteiger partial charge in [0.2, 0.25) is 0 Å². The molecule has 2 N–H and O–H groups in total. The van der Waals surface area contributed by atoms with Crippen LogP contribution in [-0.2, 0) is 12.4 Å². The average molecular weight is 338 g/mol. The summed E-state index contributed by atoms with van der Waals surface area (Å²) in [6.45, 7) is 0. The molecule has 0 aliphatic heterocycles. The first-order valence-corrected chi connectivity index (χ1v) is 4.87. The standard InChI is InChI=1S/C10H2F8O4/c11-5-1(7(19)20)3(9(13,14)15)4(10(16,17)18)6(12)2(5)8(21)22/h(H,19,20)(H,21,22). The van der Waals surface area contributed by atoms with E-state index in [1.807, 2.05) is 0 Å². The molecule has 0 radical (unpaired) electrons. The molecular weight excluding hydrogens is 336 g/mol. The number of hydrogen-bond donors (Lipinski definition) is 2. The maximum Gasteiger partial charge on any atom is 0.419 e. The summed E-state index contributed by atoms with van der Waals surface area (Å²) in [5, 5.41) is 16.9. The lowest BCUT2D eigenvalue weighted by Gasteiger charge is -2.20. The van der Waals surface area contributed by atoms with Crippen LogP contribution in [0.3, 0.4) is 0 Å². The zero-order valence-corrected chi connectivity index (χ0v) is 9.73. The van der Waals surface area contributed by atoms with Gasteiger partial charge < -0.3 is 10.2 Å². The Morgan fingerprint density at radius 2 is 1.05 bits per heavy atom. The fourth-order valence-electron chi connectivity index (χ4n) is 1.63. The second-order valence-corrected chi connectivity index (χ2v) is 3.73. The van der Waals surface area contributed by atoms with E-state index in [1.54, 1.807) is 0 Å². The van der Waals surface area contributed by atoms with Gasteiger partial charge in [-0.05, 0) is 0 Å². The fraction of sp³-hybridized carbons (Fsp3) is 0.200. The third-order valence-electron chi connectivity index (χ3n) is 2.37. The minimum Gasteiger partial charge on any atom is -0.478 e. The molecule has 12 heteroatoms. The van der Waals surface area contributed by atoms with Crippen LogP contribution < -0.4 is 0 Å². The van der Waals surface area contributed by atoms with Crippen LogP contribution in [0.4, 0.5) is 35.1 Å². The largest absolute Gasteiger partial charge is 0.478 e. The molecule has 0 atom stereocenters. The average Bonchev–Trinajstić information content (AvgIpc) is 2.23. The van der Waals surface area contributed by atoms with Crippen molar-refractivity contribution in [2.24, 2.45) is 0 Å². The van der Waals surface area contributed by atoms with Crippen LogP contribution in [0.15, 0.2) is 0 Å². The van der Waals surface area contributed by atoms with E-state index >= 15 is 0 Å². The Balaban J connectivity index is 4.22. The topological polar surface area (TPSA) is 74.6 Å². The Hall–Kier alpha value is -2.40. The Labute approximate surface area is 114 Å². The number of rotatable bonds is 2. The fourth-order valence-corrected chi connectivity index (χ4v) is 1.63. The number of hydrogen-bond acceptors (Lipinski definition) is 2. The van der Waals surface area contributed by atoms with Crippen molar-refractivity contribution < 1.29 is 54.9 Å². The van der Waals surface area contributed by atoms with E-state index in [0.29, 0.717) is 0 Å². The molecule has 0 saturated heterocycles. The molecule has 1 aromatic rings. The molecule has 0 amide bonds. The molecule has 0 aromatic heterocycles. The summed E-state index contributed by atoms with van der Waals surface area (Å²) >= 11 is 0. The second-order valence-electron chi connectivity index (χ2n) is 3.73. The van der Waals surface area contributed by atoms with E-state index < -0.39 is 58.2 Å². The predicted octanol–water partition coefficient (Wildman–Crippen LogP) is 3.40. The molecule has 0 aliphatic carbocycles. The van der Waals surface area contributed by atoms with Gasteiger partial charge in [0, 0.05) is 0 Å². The number of carboxylic acids is 2. The predicted molar refractivity (Wildman–Crippen MR) is 50.3 cm³/mol. The smallest absolute Gasteiger partial charge is 0.419 e. The van der Waals surface area contributed by atoms with Crippen molar-refractivity contribution in [3.63, 3.8) is 0 Å². The van der Waals surface area contributed by atoms with Gasteiger partial charge in [0.15, 0.2) is 11.6 Å². The van der Waals surface area contributed by atoms with E-state index in [-0.39, 0.29) is 0 Å². The molecule has 0 bridgehead atoms. The number of carboxylic acid groups (broad SMARTS) is 2. The van der Waals surface area contributed by atoms with Gasteiger partial charge in [0.05, 0.1) is 5.56 Å². The van der Waals surface area contributed by atoms with Crippen LogP contribution in [0.1, 0.15) is 31.8 Å². The van der Waals surface area contributed by atoms with Crippen LogP contribution in [0.2, 0.25) is 0 Å². The monoisotopic (exact) mass is 338 g/mol. The van der Waals surface area contributed by atoms with Crippen molar-refractivity contribution in [2.75, 3.05) is 0 Å². The highest BCUT2D eigenvalue weighted by Crippen LogP contribution is 2.45. The first-order valence-electron chi connectivity index (χ1n) is 4.87. The first-order chi connectivity index (χ1) is 9.71. The molecule has 1 rings (SSSR count). The number of carbonyl (C=O) groups is 2. The maximum absolute atomic E-state index is 13.5. The number of benzene rings is 1. The van der Waals surface area contributed by atoms with Gasteiger partial charge in [-0.3, -0.25) is 0 Å². The van der Waals surface area contributed by atoms with Gasteiger partial charge in [-0.25, -0.2) is 18.4 Å². The molecule has 1 aromatic carbocycles. The van der Waals surface area contributed by atoms with Crippen LogP contribution in [0.5, 0.6) is 0 Å². The summed E-state index contributed by atoms with van der Waals surface area (Å²) < 4.78 is 103. The van der Waals surface area contributed by atoms with E-state index in [2.05, 4.69) is 0 Å². The molecular formula is C10H2F8O4. The zero-order chi connectivity index (χ0) is 17.6. The maximum atomic E-state index is 13.5. The van der Waals surface area contributed by atoms with Crippen LogP contribution >= 0.6 is 0 Å². The highest BCUT2D eigenvalue weighted by molar-refractivity contribution is 5.96. The molecule has 0 spiro atoms. The summed E-state index contributed by atoms with van der Waals surface area (Å²) in [5.74, 6) is -11.4. The Morgan fingerprint density at radius 3 is 1.32 bits per heavy atom. The van der Waals surface area contributed by atoms with Gasteiger partial charge in [-0.15, -0.1) is 0 Å². The lowest BCUT2D eigenvalue weighted by molar-refractivity contribution is -0.164. The molecule has 122 valence electrons. The number of halogens is 8. The molecule has 0 saturated carbocycles. The quantitative estimate of drug-likeness (QED) is 0.811. The van der Waals surface area contributed by atoms with Gasteiger partial charge >= 0.3 is 24.3 Å². The molecule has 4 nitrogen and oxygen atoms in total. The van der Waals surface area contributed by atoms with E-state index in [1.165, 1.54) is 0 Å². The Kier molecular flexibility index (Phi) is 4.09. The van der Waals surface area contributed by atoms with E-state index in [9.17, 15) is 44.7 Å². The first kappa shape index (κ1) is 17.7. The van der Waals surface area contributed by atoms with Crippen LogP contribution in [0.25, 0.3) is 0 Å². The summed E-state index contributed by atoms with van der Waals surface area (Å²) in [5.41, 5.74) is -11.4. The van der Waals surface area contributed by atoms with Crippen molar-refractivity contribution in [3.8, 4) is 0 Å². The Morgan fingerprint density at radius 1 is 0.682 bits per heavy atom. The second kappa shape index (κ2) is 5.10. The highest BCUT2D eigenvalue weighted by atomic mass is 19.4. The molecule has 0 fully saturated rings. The van der Waals surface area contributed by atoms with Crippen molar-refractivity contribution in [1.82, 2.24) is 0 Å². The third-order valence-corrected chi connectivity index (χ3v) is 2.37. The normalized spacial score (nSPS) is 12.4.